The lowest BCUT2D eigenvalue weighted by Crippen LogP contribution is -2.22. The molecule has 1 atom stereocenters. The first-order chi connectivity index (χ1) is 10.2. The third kappa shape index (κ3) is 3.66. The highest BCUT2D eigenvalue weighted by Gasteiger charge is 2.24. The molecule has 2 aromatic rings. The van der Waals surface area contributed by atoms with Gasteiger partial charge in [-0.3, -0.25) is 0 Å². The lowest BCUT2D eigenvalue weighted by Gasteiger charge is -2.11. The number of aliphatic hydroxyl groups is 1. The molecule has 1 N–H and O–H groups in total. The molecule has 8 heteroatoms. The molecule has 114 valence electrons. The Morgan fingerprint density at radius 3 is 3.00 bits per heavy atom. The summed E-state index contributed by atoms with van der Waals surface area (Å²) in [6.45, 7) is 2.36. The van der Waals surface area contributed by atoms with Gasteiger partial charge in [0.25, 0.3) is 0 Å². The second-order valence-electron chi connectivity index (χ2n) is 4.28. The van der Waals surface area contributed by atoms with Gasteiger partial charge in [0.05, 0.1) is 30.7 Å². The normalized spacial score (nSPS) is 12.3. The van der Waals surface area contributed by atoms with E-state index < -0.39 is 12.1 Å². The van der Waals surface area contributed by atoms with Gasteiger partial charge in [0.2, 0.25) is 0 Å². The Morgan fingerprint density at radius 1 is 1.57 bits per heavy atom. The van der Waals surface area contributed by atoms with E-state index >= 15 is 0 Å². The summed E-state index contributed by atoms with van der Waals surface area (Å²) >= 11 is 1.46. The molecule has 0 aliphatic rings. The number of carbonyl (C=O) groups excluding carboxylic acids is 1. The van der Waals surface area contributed by atoms with Gasteiger partial charge in [-0.15, -0.1) is 16.4 Å². The topological polar surface area (TPSA) is 86.5 Å². The zero-order valence-corrected chi connectivity index (χ0v) is 12.7. The number of esters is 1. The van der Waals surface area contributed by atoms with Crippen LogP contribution in [-0.2, 0) is 16.0 Å². The molecule has 0 spiro atoms. The third-order valence-corrected chi connectivity index (χ3v) is 3.58. The van der Waals surface area contributed by atoms with Crippen molar-refractivity contribution >= 4 is 17.3 Å². The molecular formula is C13H17N3O4S. The lowest BCUT2D eigenvalue weighted by atomic mass is 10.2. The van der Waals surface area contributed by atoms with Gasteiger partial charge in [0.1, 0.15) is 5.69 Å². The second-order valence-corrected chi connectivity index (χ2v) is 5.22. The van der Waals surface area contributed by atoms with Crippen LogP contribution in [0.2, 0.25) is 0 Å². The maximum atomic E-state index is 12.0. The molecule has 7 nitrogen and oxygen atoms in total. The van der Waals surface area contributed by atoms with E-state index in [0.29, 0.717) is 5.69 Å². The summed E-state index contributed by atoms with van der Waals surface area (Å²) in [5, 5.41) is 19.6. The molecule has 2 heterocycles. The summed E-state index contributed by atoms with van der Waals surface area (Å²) in [6, 6.07) is 3.74. The molecular weight excluding hydrogens is 294 g/mol. The van der Waals surface area contributed by atoms with E-state index in [0.717, 1.165) is 4.88 Å². The number of hydrogen-bond acceptors (Lipinski definition) is 7. The number of aromatic nitrogens is 3. The molecule has 0 amide bonds. The van der Waals surface area contributed by atoms with Crippen LogP contribution in [0.1, 0.15) is 17.4 Å². The van der Waals surface area contributed by atoms with E-state index in [9.17, 15) is 9.90 Å². The van der Waals surface area contributed by atoms with Crippen molar-refractivity contribution in [2.45, 2.75) is 19.6 Å². The van der Waals surface area contributed by atoms with Crippen LogP contribution in [0.4, 0.5) is 0 Å². The fourth-order valence-corrected chi connectivity index (χ4v) is 2.65. The van der Waals surface area contributed by atoms with Crippen LogP contribution in [0, 0.1) is 0 Å². The highest BCUT2D eigenvalue weighted by atomic mass is 32.1. The molecule has 0 aliphatic heterocycles. The fourth-order valence-electron chi connectivity index (χ4n) is 1.88. The van der Waals surface area contributed by atoms with Crippen molar-refractivity contribution in [3.05, 3.63) is 23.2 Å². The molecule has 0 aromatic carbocycles. The Kier molecular flexibility index (Phi) is 5.43. The van der Waals surface area contributed by atoms with E-state index in [4.69, 9.17) is 9.47 Å². The first-order valence-corrected chi connectivity index (χ1v) is 7.36. The Labute approximate surface area is 126 Å². The van der Waals surface area contributed by atoms with Gasteiger partial charge in [0, 0.05) is 7.11 Å². The number of aliphatic hydroxyl groups excluding tert-OH is 1. The van der Waals surface area contributed by atoms with Crippen LogP contribution in [-0.4, -0.2) is 52.5 Å². The summed E-state index contributed by atoms with van der Waals surface area (Å²) in [6.07, 6.45) is -0.731. The van der Waals surface area contributed by atoms with Gasteiger partial charge in [-0.05, 0) is 18.4 Å². The molecule has 2 aromatic heterocycles. The van der Waals surface area contributed by atoms with Crippen LogP contribution in [0.25, 0.3) is 10.6 Å². The lowest BCUT2D eigenvalue weighted by molar-refractivity contribution is 0.0508. The minimum Gasteiger partial charge on any atom is -0.461 e. The van der Waals surface area contributed by atoms with E-state index in [2.05, 4.69) is 10.3 Å². The standard InChI is InChI=1S/C13H17N3O4S/c1-3-20-13(18)11-12(10-5-4-6-21-10)16(15-14-11)7-9(17)8-19-2/h4-6,9,17H,3,7-8H2,1-2H3. The molecule has 2 rings (SSSR count). The zero-order chi connectivity index (χ0) is 15.2. The summed E-state index contributed by atoms with van der Waals surface area (Å²) in [5.41, 5.74) is 0.711. The van der Waals surface area contributed by atoms with Crippen LogP contribution in [0.5, 0.6) is 0 Å². The van der Waals surface area contributed by atoms with Gasteiger partial charge >= 0.3 is 5.97 Å². The molecule has 0 saturated heterocycles. The highest BCUT2D eigenvalue weighted by Crippen LogP contribution is 2.27. The maximum Gasteiger partial charge on any atom is 0.361 e. The van der Waals surface area contributed by atoms with E-state index in [1.807, 2.05) is 17.5 Å². The Balaban J connectivity index is 2.35. The van der Waals surface area contributed by atoms with Crippen molar-refractivity contribution in [3.63, 3.8) is 0 Å². The first kappa shape index (κ1) is 15.6. The molecule has 21 heavy (non-hydrogen) atoms. The van der Waals surface area contributed by atoms with Crippen molar-refractivity contribution < 1.29 is 19.4 Å². The molecule has 0 saturated carbocycles. The average Bonchev–Trinajstić information content (AvgIpc) is 3.07. The van der Waals surface area contributed by atoms with E-state index in [1.54, 1.807) is 6.92 Å². The number of ether oxygens (including phenoxy) is 2. The largest absolute Gasteiger partial charge is 0.461 e. The Bertz CT molecular complexity index is 582. The SMILES string of the molecule is CCOC(=O)c1nnn(CC(O)COC)c1-c1cccs1. The number of carbonyl (C=O) groups is 1. The molecule has 0 fully saturated rings. The van der Waals surface area contributed by atoms with E-state index in [-0.39, 0.29) is 25.5 Å². The minimum atomic E-state index is -0.731. The van der Waals surface area contributed by atoms with Crippen molar-refractivity contribution in [3.8, 4) is 10.6 Å². The summed E-state index contributed by atoms with van der Waals surface area (Å²) < 4.78 is 11.4. The average molecular weight is 311 g/mol. The molecule has 0 bridgehead atoms. The van der Waals surface area contributed by atoms with Crippen LogP contribution < -0.4 is 0 Å². The summed E-state index contributed by atoms with van der Waals surface area (Å²) in [7, 11) is 1.51. The number of methoxy groups -OCH3 is 1. The quantitative estimate of drug-likeness (QED) is 0.773. The predicted octanol–water partition coefficient (Wildman–Crippen LogP) is 1.19. The predicted molar refractivity (Wildman–Crippen MR) is 77.2 cm³/mol. The third-order valence-electron chi connectivity index (χ3n) is 2.70. The summed E-state index contributed by atoms with van der Waals surface area (Å²) in [4.78, 5) is 12.8. The number of thiophene rings is 1. The molecule has 1 unspecified atom stereocenters. The Hall–Kier alpha value is -1.77. The van der Waals surface area contributed by atoms with Crippen molar-refractivity contribution in [2.75, 3.05) is 20.3 Å². The summed E-state index contributed by atoms with van der Waals surface area (Å²) in [5.74, 6) is -0.520. The zero-order valence-electron chi connectivity index (χ0n) is 11.9. The van der Waals surface area contributed by atoms with Gasteiger partial charge < -0.3 is 14.6 Å². The Morgan fingerprint density at radius 2 is 2.38 bits per heavy atom. The fraction of sp³-hybridized carbons (Fsp3) is 0.462. The van der Waals surface area contributed by atoms with Crippen LogP contribution in [0.15, 0.2) is 17.5 Å². The maximum absolute atomic E-state index is 12.0. The van der Waals surface area contributed by atoms with Crippen LogP contribution >= 0.6 is 11.3 Å². The van der Waals surface area contributed by atoms with Gasteiger partial charge in [-0.25, -0.2) is 9.48 Å². The number of rotatable bonds is 7. The van der Waals surface area contributed by atoms with E-state index in [1.165, 1.54) is 23.1 Å². The van der Waals surface area contributed by atoms with Gasteiger partial charge in [0.15, 0.2) is 5.69 Å². The van der Waals surface area contributed by atoms with Crippen LogP contribution in [0.3, 0.4) is 0 Å². The highest BCUT2D eigenvalue weighted by molar-refractivity contribution is 7.13. The molecule has 0 aliphatic carbocycles. The van der Waals surface area contributed by atoms with Crippen molar-refractivity contribution in [1.29, 1.82) is 0 Å². The van der Waals surface area contributed by atoms with Gasteiger partial charge in [-0.1, -0.05) is 11.3 Å². The monoisotopic (exact) mass is 311 g/mol. The number of hydrogen-bond donors (Lipinski definition) is 1. The van der Waals surface area contributed by atoms with Crippen molar-refractivity contribution in [1.82, 2.24) is 15.0 Å². The molecule has 0 radical (unpaired) electrons. The smallest absolute Gasteiger partial charge is 0.361 e. The first-order valence-electron chi connectivity index (χ1n) is 6.48. The van der Waals surface area contributed by atoms with Gasteiger partial charge in [-0.2, -0.15) is 0 Å². The number of nitrogens with zero attached hydrogens (tertiary/aromatic N) is 3. The minimum absolute atomic E-state index is 0.156. The second kappa shape index (κ2) is 7.30. The van der Waals surface area contributed by atoms with Crippen molar-refractivity contribution in [2.24, 2.45) is 0 Å².